The topological polar surface area (TPSA) is 85.8 Å². The molecule has 0 spiro atoms. The molecule has 0 saturated carbocycles. The highest BCUT2D eigenvalue weighted by molar-refractivity contribution is 6.01. The SMILES string of the molecule is C[C@@]12C[C@@H](c3ccccc3O1)[C@@H](C(N)=O)C(=O)N2CCCc1ccco1. The van der Waals surface area contributed by atoms with Crippen LogP contribution in [0.2, 0.25) is 0 Å². The molecule has 2 aliphatic heterocycles. The number of para-hydroxylation sites is 1. The number of hydrogen-bond donors (Lipinski definition) is 1. The maximum absolute atomic E-state index is 13.1. The minimum Gasteiger partial charge on any atom is -0.469 e. The highest BCUT2D eigenvalue weighted by atomic mass is 16.5. The first kappa shape index (κ1) is 16.7. The maximum Gasteiger partial charge on any atom is 0.238 e. The second-order valence-electron chi connectivity index (χ2n) is 7.18. The number of nitrogens with two attached hydrogens (primary N) is 1. The number of fused-ring (bicyclic) bond motifs is 4. The van der Waals surface area contributed by atoms with Gasteiger partial charge in [0.05, 0.1) is 6.26 Å². The number of hydrogen-bond acceptors (Lipinski definition) is 4. The fraction of sp³-hybridized carbons (Fsp3) is 0.400. The third-order valence-corrected chi connectivity index (χ3v) is 5.44. The van der Waals surface area contributed by atoms with E-state index < -0.39 is 17.6 Å². The molecule has 2 aliphatic rings. The average molecular weight is 354 g/mol. The van der Waals surface area contributed by atoms with E-state index in [4.69, 9.17) is 14.9 Å². The van der Waals surface area contributed by atoms with Gasteiger partial charge in [0.25, 0.3) is 0 Å². The van der Waals surface area contributed by atoms with Crippen molar-refractivity contribution >= 4 is 11.8 Å². The molecule has 2 bridgehead atoms. The summed E-state index contributed by atoms with van der Waals surface area (Å²) in [6.07, 6.45) is 3.63. The van der Waals surface area contributed by atoms with Gasteiger partial charge in [-0.2, -0.15) is 0 Å². The van der Waals surface area contributed by atoms with Crippen molar-refractivity contribution in [1.82, 2.24) is 4.90 Å². The first-order valence-corrected chi connectivity index (χ1v) is 8.91. The van der Waals surface area contributed by atoms with Crippen LogP contribution in [-0.2, 0) is 16.0 Å². The van der Waals surface area contributed by atoms with Crippen molar-refractivity contribution in [2.45, 2.75) is 37.8 Å². The lowest BCUT2D eigenvalue weighted by molar-refractivity contribution is -0.175. The van der Waals surface area contributed by atoms with Gasteiger partial charge in [-0.3, -0.25) is 9.59 Å². The van der Waals surface area contributed by atoms with E-state index >= 15 is 0 Å². The number of ether oxygens (including phenoxy) is 1. The Hall–Kier alpha value is -2.76. The number of aryl methyl sites for hydroxylation is 1. The zero-order valence-corrected chi connectivity index (χ0v) is 14.7. The summed E-state index contributed by atoms with van der Waals surface area (Å²) in [6.45, 7) is 2.40. The highest BCUT2D eigenvalue weighted by Gasteiger charge is 2.55. The lowest BCUT2D eigenvalue weighted by Gasteiger charge is -2.52. The van der Waals surface area contributed by atoms with Gasteiger partial charge in [0.1, 0.15) is 17.4 Å². The molecule has 4 rings (SSSR count). The molecule has 0 radical (unpaired) electrons. The van der Waals surface area contributed by atoms with Crippen LogP contribution in [0.15, 0.2) is 47.1 Å². The van der Waals surface area contributed by atoms with Gasteiger partial charge in [0, 0.05) is 25.3 Å². The van der Waals surface area contributed by atoms with E-state index in [1.807, 2.05) is 43.3 Å². The first-order chi connectivity index (χ1) is 12.5. The van der Waals surface area contributed by atoms with Crippen LogP contribution in [0, 0.1) is 5.92 Å². The summed E-state index contributed by atoms with van der Waals surface area (Å²) in [4.78, 5) is 26.9. The number of likely N-dealkylation sites (tertiary alicyclic amines) is 1. The normalized spacial score (nSPS) is 27.0. The Labute approximate surface area is 151 Å². The Bertz CT molecular complexity index is 832. The second kappa shape index (κ2) is 6.20. The Morgan fingerprint density at radius 1 is 1.31 bits per heavy atom. The number of benzene rings is 1. The van der Waals surface area contributed by atoms with Crippen LogP contribution in [0.3, 0.4) is 0 Å². The van der Waals surface area contributed by atoms with Crippen molar-refractivity contribution in [2.24, 2.45) is 11.7 Å². The van der Waals surface area contributed by atoms with Crippen molar-refractivity contribution in [3.8, 4) is 5.75 Å². The van der Waals surface area contributed by atoms with E-state index in [0.29, 0.717) is 19.4 Å². The lowest BCUT2D eigenvalue weighted by Crippen LogP contribution is -2.64. The van der Waals surface area contributed by atoms with E-state index in [9.17, 15) is 9.59 Å². The summed E-state index contributed by atoms with van der Waals surface area (Å²) in [5.74, 6) is -0.312. The summed E-state index contributed by atoms with van der Waals surface area (Å²) in [7, 11) is 0. The van der Waals surface area contributed by atoms with Crippen LogP contribution in [0.4, 0.5) is 0 Å². The third kappa shape index (κ3) is 2.66. The minimum atomic E-state index is -0.850. The number of amides is 2. The van der Waals surface area contributed by atoms with E-state index in [1.165, 1.54) is 0 Å². The molecule has 1 fully saturated rings. The van der Waals surface area contributed by atoms with Gasteiger partial charge >= 0.3 is 0 Å². The van der Waals surface area contributed by atoms with E-state index in [1.54, 1.807) is 11.2 Å². The molecule has 3 atom stereocenters. The predicted octanol–water partition coefficient (Wildman–Crippen LogP) is 2.44. The van der Waals surface area contributed by atoms with Crippen LogP contribution in [-0.4, -0.2) is 29.0 Å². The number of nitrogens with zero attached hydrogens (tertiary/aromatic N) is 1. The van der Waals surface area contributed by atoms with Gasteiger partial charge in [-0.05, 0) is 37.1 Å². The van der Waals surface area contributed by atoms with Crippen LogP contribution >= 0.6 is 0 Å². The molecule has 26 heavy (non-hydrogen) atoms. The van der Waals surface area contributed by atoms with Crippen LogP contribution < -0.4 is 10.5 Å². The van der Waals surface area contributed by atoms with E-state index in [0.717, 1.165) is 23.5 Å². The summed E-state index contributed by atoms with van der Waals surface area (Å²) in [6, 6.07) is 11.3. The molecule has 3 heterocycles. The minimum absolute atomic E-state index is 0.240. The van der Waals surface area contributed by atoms with Gasteiger partial charge in [-0.1, -0.05) is 18.2 Å². The van der Waals surface area contributed by atoms with Crippen molar-refractivity contribution in [2.75, 3.05) is 6.54 Å². The van der Waals surface area contributed by atoms with E-state index in [-0.39, 0.29) is 11.8 Å². The molecule has 0 aliphatic carbocycles. The predicted molar refractivity (Wildman–Crippen MR) is 94.3 cm³/mol. The number of carbonyl (C=O) groups excluding carboxylic acids is 2. The first-order valence-electron chi connectivity index (χ1n) is 8.91. The van der Waals surface area contributed by atoms with Crippen LogP contribution in [0.5, 0.6) is 5.75 Å². The Morgan fingerprint density at radius 3 is 2.85 bits per heavy atom. The number of furan rings is 1. The summed E-state index contributed by atoms with van der Waals surface area (Å²) < 4.78 is 11.6. The average Bonchev–Trinajstić information content (AvgIpc) is 3.10. The lowest BCUT2D eigenvalue weighted by atomic mass is 9.73. The molecule has 1 aromatic heterocycles. The molecule has 1 saturated heterocycles. The number of rotatable bonds is 5. The van der Waals surface area contributed by atoms with Crippen LogP contribution in [0.1, 0.15) is 37.0 Å². The number of primary amides is 1. The molecule has 2 N–H and O–H groups in total. The van der Waals surface area contributed by atoms with Crippen molar-refractivity contribution in [3.05, 3.63) is 54.0 Å². The van der Waals surface area contributed by atoms with E-state index in [2.05, 4.69) is 0 Å². The largest absolute Gasteiger partial charge is 0.469 e. The molecule has 6 nitrogen and oxygen atoms in total. The zero-order chi connectivity index (χ0) is 18.3. The Morgan fingerprint density at radius 2 is 2.12 bits per heavy atom. The molecular weight excluding hydrogens is 332 g/mol. The van der Waals surface area contributed by atoms with Gasteiger partial charge in [0.15, 0.2) is 5.72 Å². The summed E-state index contributed by atoms with van der Waals surface area (Å²) in [5, 5.41) is 0. The third-order valence-electron chi connectivity index (χ3n) is 5.44. The smallest absolute Gasteiger partial charge is 0.238 e. The van der Waals surface area contributed by atoms with Gasteiger partial charge in [-0.25, -0.2) is 0 Å². The summed E-state index contributed by atoms with van der Waals surface area (Å²) >= 11 is 0. The number of piperidine rings is 1. The molecule has 1 aromatic carbocycles. The summed E-state index contributed by atoms with van der Waals surface area (Å²) in [5.41, 5.74) is 5.73. The molecule has 6 heteroatoms. The van der Waals surface area contributed by atoms with Crippen molar-refractivity contribution in [1.29, 1.82) is 0 Å². The molecular formula is C20H22N2O4. The van der Waals surface area contributed by atoms with Crippen LogP contribution in [0.25, 0.3) is 0 Å². The van der Waals surface area contributed by atoms with Crippen molar-refractivity contribution in [3.63, 3.8) is 0 Å². The molecule has 0 unspecified atom stereocenters. The van der Waals surface area contributed by atoms with Gasteiger partial charge < -0.3 is 19.8 Å². The quantitative estimate of drug-likeness (QED) is 0.836. The Balaban J connectivity index is 1.63. The standard InChI is InChI=1S/C20H22N2O4/c1-20-12-15(14-8-2-3-9-16(14)26-20)17(18(21)23)19(24)22(20)10-4-6-13-7-5-11-25-13/h2-3,5,7-9,11,15,17H,4,6,10,12H2,1H3,(H2,21,23)/t15-,17-,20-/m0/s1. The molecule has 2 aromatic rings. The van der Waals surface area contributed by atoms with Gasteiger partial charge in [0.2, 0.25) is 11.8 Å². The fourth-order valence-electron chi connectivity index (χ4n) is 4.25. The van der Waals surface area contributed by atoms with Crippen molar-refractivity contribution < 1.29 is 18.7 Å². The Kier molecular flexibility index (Phi) is 3.98. The zero-order valence-electron chi connectivity index (χ0n) is 14.7. The highest BCUT2D eigenvalue weighted by Crippen LogP contribution is 2.49. The second-order valence-corrected chi connectivity index (χ2v) is 7.18. The maximum atomic E-state index is 13.1. The fourth-order valence-corrected chi connectivity index (χ4v) is 4.25. The van der Waals surface area contributed by atoms with Gasteiger partial charge in [-0.15, -0.1) is 0 Å². The molecule has 2 amide bonds. The number of carbonyl (C=O) groups is 2. The molecule has 136 valence electrons. The monoisotopic (exact) mass is 354 g/mol.